The highest BCUT2D eigenvalue weighted by Crippen LogP contribution is 2.23. The number of aromatic nitrogens is 1. The van der Waals surface area contributed by atoms with Gasteiger partial charge in [0.25, 0.3) is 0 Å². The van der Waals surface area contributed by atoms with Crippen LogP contribution in [-0.2, 0) is 11.3 Å². The quantitative estimate of drug-likeness (QED) is 0.857. The standard InChI is InChI=1S/C14H18N2O/c1-11-3-2-4-13-14(11)12(9-15-13)10-16-5-7-17-8-6-16/h2-4,9,15H,5-8,10H2,1H3. The summed E-state index contributed by atoms with van der Waals surface area (Å²) in [4.78, 5) is 5.82. The molecule has 0 bridgehead atoms. The second-order valence-corrected chi connectivity index (χ2v) is 4.70. The summed E-state index contributed by atoms with van der Waals surface area (Å²) in [5.41, 5.74) is 4.00. The third-order valence-electron chi connectivity index (χ3n) is 3.49. The largest absolute Gasteiger partial charge is 0.379 e. The minimum Gasteiger partial charge on any atom is -0.379 e. The van der Waals surface area contributed by atoms with Gasteiger partial charge in [0.2, 0.25) is 0 Å². The first-order chi connectivity index (χ1) is 8.34. The fraction of sp³-hybridized carbons (Fsp3) is 0.429. The molecule has 0 aliphatic carbocycles. The zero-order valence-electron chi connectivity index (χ0n) is 10.2. The first kappa shape index (κ1) is 10.8. The predicted octanol–water partition coefficient (Wildman–Crippen LogP) is 2.31. The average Bonchev–Trinajstić information content (AvgIpc) is 2.75. The Kier molecular flexibility index (Phi) is 2.87. The summed E-state index contributed by atoms with van der Waals surface area (Å²) >= 11 is 0. The molecule has 1 aromatic heterocycles. The number of nitrogens with one attached hydrogen (secondary N) is 1. The number of hydrogen-bond donors (Lipinski definition) is 1. The van der Waals surface area contributed by atoms with Gasteiger partial charge in [-0.3, -0.25) is 4.90 Å². The Balaban J connectivity index is 1.89. The molecule has 90 valence electrons. The molecule has 3 rings (SSSR count). The second-order valence-electron chi connectivity index (χ2n) is 4.70. The van der Waals surface area contributed by atoms with Crippen LogP contribution in [0.15, 0.2) is 24.4 Å². The van der Waals surface area contributed by atoms with E-state index in [0.717, 1.165) is 32.8 Å². The number of benzene rings is 1. The molecule has 1 aromatic carbocycles. The van der Waals surface area contributed by atoms with Crippen LogP contribution in [0.4, 0.5) is 0 Å². The van der Waals surface area contributed by atoms with E-state index in [4.69, 9.17) is 4.74 Å². The van der Waals surface area contributed by atoms with Crippen LogP contribution in [0.5, 0.6) is 0 Å². The molecule has 1 saturated heterocycles. The van der Waals surface area contributed by atoms with Crippen molar-refractivity contribution in [1.29, 1.82) is 0 Å². The smallest absolute Gasteiger partial charge is 0.0594 e. The van der Waals surface area contributed by atoms with Gasteiger partial charge in [-0.05, 0) is 24.1 Å². The molecule has 3 heteroatoms. The van der Waals surface area contributed by atoms with E-state index in [2.05, 4.69) is 41.2 Å². The minimum absolute atomic E-state index is 0.862. The second kappa shape index (κ2) is 4.51. The Hall–Kier alpha value is -1.32. The minimum atomic E-state index is 0.862. The molecule has 1 aliphatic heterocycles. The van der Waals surface area contributed by atoms with Gasteiger partial charge in [-0.15, -0.1) is 0 Å². The van der Waals surface area contributed by atoms with Crippen molar-refractivity contribution in [3.8, 4) is 0 Å². The lowest BCUT2D eigenvalue weighted by Gasteiger charge is -2.26. The van der Waals surface area contributed by atoms with Crippen molar-refractivity contribution >= 4 is 10.9 Å². The maximum atomic E-state index is 5.38. The van der Waals surface area contributed by atoms with Gasteiger partial charge in [0, 0.05) is 36.7 Å². The van der Waals surface area contributed by atoms with Gasteiger partial charge in [0.05, 0.1) is 13.2 Å². The van der Waals surface area contributed by atoms with Gasteiger partial charge in [0.15, 0.2) is 0 Å². The van der Waals surface area contributed by atoms with E-state index in [1.54, 1.807) is 0 Å². The van der Waals surface area contributed by atoms with Crippen LogP contribution in [0.25, 0.3) is 10.9 Å². The average molecular weight is 230 g/mol. The van der Waals surface area contributed by atoms with E-state index < -0.39 is 0 Å². The van der Waals surface area contributed by atoms with Crippen molar-refractivity contribution in [2.45, 2.75) is 13.5 Å². The first-order valence-corrected chi connectivity index (χ1v) is 6.20. The fourth-order valence-electron chi connectivity index (χ4n) is 2.58. The van der Waals surface area contributed by atoms with E-state index in [-0.39, 0.29) is 0 Å². The van der Waals surface area contributed by atoms with Crippen LogP contribution >= 0.6 is 0 Å². The lowest BCUT2D eigenvalue weighted by Crippen LogP contribution is -2.35. The van der Waals surface area contributed by atoms with Gasteiger partial charge >= 0.3 is 0 Å². The Labute approximate surface area is 101 Å². The van der Waals surface area contributed by atoms with Gasteiger partial charge in [0.1, 0.15) is 0 Å². The predicted molar refractivity (Wildman–Crippen MR) is 69.1 cm³/mol. The molecular formula is C14H18N2O. The topological polar surface area (TPSA) is 28.3 Å². The molecule has 0 atom stereocenters. The molecule has 1 fully saturated rings. The number of nitrogens with zero attached hydrogens (tertiary/aromatic N) is 1. The fourth-order valence-corrected chi connectivity index (χ4v) is 2.58. The van der Waals surface area contributed by atoms with Crippen LogP contribution < -0.4 is 0 Å². The number of aryl methyl sites for hydroxylation is 1. The SMILES string of the molecule is Cc1cccc2[nH]cc(CN3CCOCC3)c12. The Bertz CT molecular complexity index is 512. The zero-order chi connectivity index (χ0) is 11.7. The number of morpholine rings is 1. The van der Waals surface area contributed by atoms with Gasteiger partial charge in [-0.25, -0.2) is 0 Å². The Morgan fingerprint density at radius 1 is 1.29 bits per heavy atom. The highest BCUT2D eigenvalue weighted by atomic mass is 16.5. The van der Waals surface area contributed by atoms with E-state index in [1.807, 2.05) is 0 Å². The normalized spacial score (nSPS) is 17.7. The molecule has 2 heterocycles. The maximum Gasteiger partial charge on any atom is 0.0594 e. The van der Waals surface area contributed by atoms with E-state index in [0.29, 0.717) is 0 Å². The molecule has 0 amide bonds. The number of ether oxygens (including phenoxy) is 1. The van der Waals surface area contributed by atoms with Gasteiger partial charge in [-0.2, -0.15) is 0 Å². The van der Waals surface area contributed by atoms with Crippen molar-refractivity contribution in [2.75, 3.05) is 26.3 Å². The summed E-state index contributed by atoms with van der Waals surface area (Å²) < 4.78 is 5.38. The number of hydrogen-bond acceptors (Lipinski definition) is 2. The molecular weight excluding hydrogens is 212 g/mol. The summed E-state index contributed by atoms with van der Waals surface area (Å²) in [6, 6.07) is 6.43. The monoisotopic (exact) mass is 230 g/mol. The first-order valence-electron chi connectivity index (χ1n) is 6.20. The Morgan fingerprint density at radius 3 is 2.94 bits per heavy atom. The van der Waals surface area contributed by atoms with Crippen molar-refractivity contribution in [1.82, 2.24) is 9.88 Å². The number of aromatic amines is 1. The number of H-pyrrole nitrogens is 1. The van der Waals surface area contributed by atoms with Crippen molar-refractivity contribution in [3.63, 3.8) is 0 Å². The number of fused-ring (bicyclic) bond motifs is 1. The van der Waals surface area contributed by atoms with Crippen molar-refractivity contribution in [2.24, 2.45) is 0 Å². The van der Waals surface area contributed by atoms with Gasteiger partial charge in [-0.1, -0.05) is 12.1 Å². The molecule has 3 nitrogen and oxygen atoms in total. The molecule has 0 radical (unpaired) electrons. The summed E-state index contributed by atoms with van der Waals surface area (Å²) in [5, 5.41) is 1.39. The summed E-state index contributed by atoms with van der Waals surface area (Å²) in [5.74, 6) is 0. The highest BCUT2D eigenvalue weighted by molar-refractivity contribution is 5.86. The molecule has 0 saturated carbocycles. The molecule has 0 unspecified atom stereocenters. The molecule has 2 aromatic rings. The van der Waals surface area contributed by atoms with Crippen LogP contribution in [0.1, 0.15) is 11.1 Å². The zero-order valence-corrected chi connectivity index (χ0v) is 10.2. The van der Waals surface area contributed by atoms with E-state index >= 15 is 0 Å². The van der Waals surface area contributed by atoms with Crippen LogP contribution in [0.2, 0.25) is 0 Å². The summed E-state index contributed by atoms with van der Waals surface area (Å²) in [6.07, 6.45) is 2.15. The van der Waals surface area contributed by atoms with Crippen molar-refractivity contribution in [3.05, 3.63) is 35.5 Å². The van der Waals surface area contributed by atoms with E-state index in [9.17, 15) is 0 Å². The maximum absolute atomic E-state index is 5.38. The Morgan fingerprint density at radius 2 is 2.12 bits per heavy atom. The molecule has 1 N–H and O–H groups in total. The van der Waals surface area contributed by atoms with E-state index in [1.165, 1.54) is 22.0 Å². The third kappa shape index (κ3) is 2.08. The third-order valence-corrected chi connectivity index (χ3v) is 3.49. The molecule has 17 heavy (non-hydrogen) atoms. The van der Waals surface area contributed by atoms with Gasteiger partial charge < -0.3 is 9.72 Å². The van der Waals surface area contributed by atoms with Crippen LogP contribution in [-0.4, -0.2) is 36.2 Å². The lowest BCUT2D eigenvalue weighted by molar-refractivity contribution is 0.0343. The van der Waals surface area contributed by atoms with Crippen LogP contribution in [0.3, 0.4) is 0 Å². The van der Waals surface area contributed by atoms with Crippen molar-refractivity contribution < 1.29 is 4.74 Å². The summed E-state index contributed by atoms with van der Waals surface area (Å²) in [7, 11) is 0. The molecule has 0 spiro atoms. The lowest BCUT2D eigenvalue weighted by atomic mass is 10.1. The number of rotatable bonds is 2. The van der Waals surface area contributed by atoms with Crippen LogP contribution in [0, 0.1) is 6.92 Å². The highest BCUT2D eigenvalue weighted by Gasteiger charge is 2.13. The molecule has 1 aliphatic rings. The summed E-state index contributed by atoms with van der Waals surface area (Å²) in [6.45, 7) is 7.01.